The van der Waals surface area contributed by atoms with Gasteiger partial charge >= 0.3 is 5.69 Å². The molecule has 0 saturated carbocycles. The Kier molecular flexibility index (Phi) is 12.6. The highest BCUT2D eigenvalue weighted by Crippen LogP contribution is 2.56. The molecule has 2 aliphatic heterocycles. The molecule has 0 radical (unpaired) electrons. The predicted molar refractivity (Wildman–Crippen MR) is 207 cm³/mol. The van der Waals surface area contributed by atoms with Crippen molar-refractivity contribution in [2.45, 2.75) is 82.8 Å². The molecule has 1 N–H and O–H groups in total. The SMILES string of the molecule is COc1ccc(C(OC[C@]23CO[C@H]([C@H](n4cc(C)c(=O)[nH]c4=O)O2)[C@H]3OP(OCCC#N)N(C(C)C)C(C)C)(c2ccccc2)c2ccc(OC)cc2)cc1. The minimum atomic E-state index is -1.77. The molecule has 2 fully saturated rings. The van der Waals surface area contributed by atoms with Crippen molar-refractivity contribution in [3.8, 4) is 17.6 Å². The van der Waals surface area contributed by atoms with Gasteiger partial charge in [0.05, 0.1) is 46.5 Å². The monoisotopic (exact) mass is 772 g/mol. The van der Waals surface area contributed by atoms with Crippen molar-refractivity contribution in [2.75, 3.05) is 34.0 Å². The molecular formula is C41H49N4O9P. The van der Waals surface area contributed by atoms with Crippen LogP contribution in [0.15, 0.2) is 94.6 Å². The van der Waals surface area contributed by atoms with Gasteiger partial charge in [-0.15, -0.1) is 0 Å². The Hall–Kier alpha value is -4.38. The molecule has 3 aromatic carbocycles. The molecule has 0 aliphatic carbocycles. The number of methoxy groups -OCH3 is 2. The molecule has 6 rings (SSSR count). The first-order valence-corrected chi connectivity index (χ1v) is 19.5. The van der Waals surface area contributed by atoms with Gasteiger partial charge in [-0.3, -0.25) is 14.3 Å². The molecule has 14 heteroatoms. The molecule has 2 bridgehead atoms. The maximum atomic E-state index is 13.3. The van der Waals surface area contributed by atoms with Gasteiger partial charge in [-0.1, -0.05) is 54.6 Å². The summed E-state index contributed by atoms with van der Waals surface area (Å²) in [6.07, 6.45) is -0.901. The third kappa shape index (κ3) is 8.00. The maximum Gasteiger partial charge on any atom is 0.330 e. The van der Waals surface area contributed by atoms with Crippen molar-refractivity contribution >= 4 is 8.53 Å². The van der Waals surface area contributed by atoms with E-state index < -0.39 is 49.4 Å². The summed E-state index contributed by atoms with van der Waals surface area (Å²) in [6, 6.07) is 27.6. The molecule has 2 saturated heterocycles. The first-order valence-electron chi connectivity index (χ1n) is 18.3. The number of hydrogen-bond acceptors (Lipinski definition) is 11. The molecule has 292 valence electrons. The number of nitrogens with one attached hydrogen (secondary N) is 1. The molecule has 1 unspecified atom stereocenters. The lowest BCUT2D eigenvalue weighted by molar-refractivity contribution is -0.203. The van der Waals surface area contributed by atoms with Crippen molar-refractivity contribution in [1.82, 2.24) is 14.2 Å². The largest absolute Gasteiger partial charge is 0.497 e. The Morgan fingerprint density at radius 1 is 0.945 bits per heavy atom. The van der Waals surface area contributed by atoms with Gasteiger partial charge < -0.3 is 32.7 Å². The number of benzene rings is 3. The van der Waals surface area contributed by atoms with E-state index in [1.54, 1.807) is 21.1 Å². The van der Waals surface area contributed by atoms with Crippen LogP contribution in [-0.2, 0) is 28.9 Å². The number of aromatic amines is 1. The fraction of sp³-hybridized carbons (Fsp3) is 0.439. The normalized spacial score (nSPS) is 21.3. The predicted octanol–water partition coefficient (Wildman–Crippen LogP) is 6.20. The van der Waals surface area contributed by atoms with Crippen LogP contribution in [-0.4, -0.2) is 78.2 Å². The molecule has 2 aliphatic rings. The number of fused-ring (bicyclic) bond motifs is 2. The number of nitrogens with zero attached hydrogens (tertiary/aromatic N) is 3. The summed E-state index contributed by atoms with van der Waals surface area (Å²) in [5, 5.41) is 9.37. The van der Waals surface area contributed by atoms with Crippen molar-refractivity contribution < 1.29 is 32.7 Å². The highest BCUT2D eigenvalue weighted by Gasteiger charge is 2.65. The van der Waals surface area contributed by atoms with E-state index in [9.17, 15) is 14.9 Å². The van der Waals surface area contributed by atoms with Crippen LogP contribution in [0.3, 0.4) is 0 Å². The average molecular weight is 773 g/mol. The number of hydrogen-bond donors (Lipinski definition) is 1. The first-order chi connectivity index (χ1) is 26.5. The zero-order valence-corrected chi connectivity index (χ0v) is 33.2. The second-order valence-corrected chi connectivity index (χ2v) is 15.6. The highest BCUT2D eigenvalue weighted by molar-refractivity contribution is 7.44. The van der Waals surface area contributed by atoms with Crippen molar-refractivity contribution in [3.05, 3.63) is 128 Å². The van der Waals surface area contributed by atoms with Gasteiger partial charge in [0.2, 0.25) is 0 Å². The second kappa shape index (κ2) is 17.2. The molecule has 0 spiro atoms. The Bertz CT molecular complexity index is 1990. The minimum absolute atomic E-state index is 0.0254. The molecule has 0 amide bonds. The Morgan fingerprint density at radius 3 is 2.07 bits per heavy atom. The van der Waals surface area contributed by atoms with Gasteiger partial charge in [-0.25, -0.2) is 9.46 Å². The Balaban J connectivity index is 1.49. The third-order valence-corrected chi connectivity index (χ3v) is 12.1. The van der Waals surface area contributed by atoms with Crippen LogP contribution in [0.2, 0.25) is 0 Å². The fourth-order valence-corrected chi connectivity index (χ4v) is 9.16. The summed E-state index contributed by atoms with van der Waals surface area (Å²) >= 11 is 0. The minimum Gasteiger partial charge on any atom is -0.497 e. The maximum absolute atomic E-state index is 13.3. The number of aryl methyl sites for hydroxylation is 1. The van der Waals surface area contributed by atoms with Gasteiger partial charge in [0.25, 0.3) is 14.1 Å². The molecule has 3 heterocycles. The zero-order chi connectivity index (χ0) is 39.3. The number of rotatable bonds is 17. The summed E-state index contributed by atoms with van der Waals surface area (Å²) in [6.45, 7) is 10.1. The second-order valence-electron chi connectivity index (χ2n) is 14.2. The van der Waals surface area contributed by atoms with Gasteiger partial charge in [0, 0.05) is 23.8 Å². The van der Waals surface area contributed by atoms with E-state index in [1.165, 1.54) is 10.8 Å². The molecule has 55 heavy (non-hydrogen) atoms. The van der Waals surface area contributed by atoms with Crippen LogP contribution in [0.25, 0.3) is 0 Å². The van der Waals surface area contributed by atoms with Crippen molar-refractivity contribution in [1.29, 1.82) is 5.26 Å². The van der Waals surface area contributed by atoms with E-state index in [-0.39, 0.29) is 38.3 Å². The van der Waals surface area contributed by atoms with E-state index in [0.717, 1.165) is 16.7 Å². The molecule has 13 nitrogen and oxygen atoms in total. The van der Waals surface area contributed by atoms with E-state index in [4.69, 9.17) is 32.7 Å². The lowest BCUT2D eigenvalue weighted by Crippen LogP contribution is -2.49. The lowest BCUT2D eigenvalue weighted by atomic mass is 9.79. The van der Waals surface area contributed by atoms with E-state index in [0.29, 0.717) is 17.1 Å². The Morgan fingerprint density at radius 2 is 1.53 bits per heavy atom. The first kappa shape index (κ1) is 40.3. The van der Waals surface area contributed by atoms with Crippen molar-refractivity contribution in [2.24, 2.45) is 0 Å². The van der Waals surface area contributed by atoms with Crippen LogP contribution in [0.5, 0.6) is 11.5 Å². The number of ether oxygens (including phenoxy) is 5. The Labute approximate surface area is 322 Å². The van der Waals surface area contributed by atoms with Crippen LogP contribution >= 0.6 is 8.53 Å². The molecule has 5 atom stereocenters. The summed E-state index contributed by atoms with van der Waals surface area (Å²) in [5.41, 5.74) is -0.751. The van der Waals surface area contributed by atoms with Crippen LogP contribution in [0.1, 0.15) is 62.6 Å². The van der Waals surface area contributed by atoms with Crippen LogP contribution in [0, 0.1) is 18.3 Å². The molecule has 4 aromatic rings. The number of nitriles is 1. The van der Waals surface area contributed by atoms with E-state index in [1.807, 2.05) is 78.9 Å². The summed E-state index contributed by atoms with van der Waals surface area (Å²) in [4.78, 5) is 28.2. The lowest BCUT2D eigenvalue weighted by Gasteiger charge is -2.41. The smallest absolute Gasteiger partial charge is 0.330 e. The van der Waals surface area contributed by atoms with Crippen LogP contribution < -0.4 is 20.7 Å². The van der Waals surface area contributed by atoms with Gasteiger partial charge in [-0.05, 0) is 75.6 Å². The standard InChI is InChI=1S/C41H49N4O9P/c1-27(2)45(28(3)4)55(52-23-11-22-42)54-36-35-38(44-24-29(5)37(46)43-39(44)47)53-40(36,25-50-35)26-51-41(30-12-9-8-10-13-30,31-14-18-33(48-6)19-15-31)32-16-20-34(49-7)21-17-32/h8-10,12-21,24,27-28,35-36,38H,11,23,25-26H2,1-7H3,(H,43,46,47)/t35-,36+,38+,40-,55?/m0/s1. The summed E-state index contributed by atoms with van der Waals surface area (Å²) in [7, 11) is 1.48. The number of H-pyrrole nitrogens is 1. The third-order valence-electron chi connectivity index (χ3n) is 9.97. The molecular weight excluding hydrogens is 723 g/mol. The van der Waals surface area contributed by atoms with Crippen LogP contribution in [0.4, 0.5) is 0 Å². The average Bonchev–Trinajstić information content (AvgIpc) is 3.68. The van der Waals surface area contributed by atoms with Gasteiger partial charge in [0.1, 0.15) is 34.9 Å². The topological polar surface area (TPSA) is 147 Å². The quantitative estimate of drug-likeness (QED) is 0.0744. The van der Waals surface area contributed by atoms with Crippen molar-refractivity contribution in [3.63, 3.8) is 0 Å². The van der Waals surface area contributed by atoms with E-state index >= 15 is 0 Å². The highest BCUT2D eigenvalue weighted by atomic mass is 31.2. The molecule has 1 aromatic heterocycles. The zero-order valence-electron chi connectivity index (χ0n) is 32.3. The van der Waals surface area contributed by atoms with Gasteiger partial charge in [0.15, 0.2) is 6.23 Å². The van der Waals surface area contributed by atoms with E-state index in [2.05, 4.69) is 43.4 Å². The summed E-state index contributed by atoms with van der Waals surface area (Å²) < 4.78 is 48.7. The summed E-state index contributed by atoms with van der Waals surface area (Å²) in [5.74, 6) is 1.38. The number of aromatic nitrogens is 2. The fourth-order valence-electron chi connectivity index (χ4n) is 7.35. The van der Waals surface area contributed by atoms with Gasteiger partial charge in [-0.2, -0.15) is 5.26 Å².